The molecule has 6 heteroatoms. The summed E-state index contributed by atoms with van der Waals surface area (Å²) in [5.74, 6) is -1.31. The molecule has 20 heavy (non-hydrogen) atoms. The lowest BCUT2D eigenvalue weighted by Gasteiger charge is -2.03. The fourth-order valence-corrected chi connectivity index (χ4v) is 1.38. The molecule has 108 valence electrons. The lowest BCUT2D eigenvalue weighted by atomic mass is 10.1. The van der Waals surface area contributed by atoms with E-state index in [2.05, 4.69) is 9.47 Å². The third kappa shape index (κ3) is 5.11. The Morgan fingerprint density at radius 1 is 1.30 bits per heavy atom. The van der Waals surface area contributed by atoms with Crippen molar-refractivity contribution < 1.29 is 29.3 Å². The van der Waals surface area contributed by atoms with Crippen LogP contribution in [0.15, 0.2) is 24.3 Å². The van der Waals surface area contributed by atoms with Crippen molar-refractivity contribution in [2.45, 2.75) is 13.5 Å². The first kappa shape index (κ1) is 15.7. The average molecular weight is 280 g/mol. The molecule has 0 spiro atoms. The summed E-state index contributed by atoms with van der Waals surface area (Å²) in [4.78, 5) is 22.3. The highest BCUT2D eigenvalue weighted by molar-refractivity contribution is 5.88. The summed E-state index contributed by atoms with van der Waals surface area (Å²) in [6, 6.07) is 4.52. The van der Waals surface area contributed by atoms with Gasteiger partial charge in [-0.15, -0.1) is 0 Å². The van der Waals surface area contributed by atoms with Gasteiger partial charge in [-0.25, -0.2) is 9.59 Å². The van der Waals surface area contributed by atoms with Gasteiger partial charge in [-0.3, -0.25) is 0 Å². The van der Waals surface area contributed by atoms with Crippen LogP contribution in [-0.2, 0) is 25.7 Å². The first-order valence-electron chi connectivity index (χ1n) is 6.00. The Balaban J connectivity index is 2.55. The Morgan fingerprint density at radius 2 is 2.05 bits per heavy atom. The van der Waals surface area contributed by atoms with Gasteiger partial charge >= 0.3 is 11.9 Å². The van der Waals surface area contributed by atoms with E-state index >= 15 is 0 Å². The van der Waals surface area contributed by atoms with Crippen LogP contribution in [0, 0.1) is 0 Å². The predicted octanol–water partition coefficient (Wildman–Crippen LogP) is 1.00. The number of phenols is 1. The second-order valence-electron chi connectivity index (χ2n) is 3.79. The van der Waals surface area contributed by atoms with Crippen LogP contribution in [0.1, 0.15) is 18.1 Å². The van der Waals surface area contributed by atoms with E-state index < -0.39 is 18.5 Å². The number of ether oxygens (including phenoxy) is 2. The molecular weight excluding hydrogens is 264 g/mol. The molecule has 0 saturated heterocycles. The summed E-state index contributed by atoms with van der Waals surface area (Å²) < 4.78 is 9.26. The van der Waals surface area contributed by atoms with Gasteiger partial charge in [0.15, 0.2) is 6.61 Å². The van der Waals surface area contributed by atoms with E-state index in [-0.39, 0.29) is 19.0 Å². The van der Waals surface area contributed by atoms with Crippen LogP contribution in [0.25, 0.3) is 6.08 Å². The highest BCUT2D eigenvalue weighted by Crippen LogP contribution is 2.19. The van der Waals surface area contributed by atoms with Gasteiger partial charge in [-0.1, -0.05) is 6.07 Å². The van der Waals surface area contributed by atoms with Crippen molar-refractivity contribution in [2.75, 3.05) is 13.2 Å². The van der Waals surface area contributed by atoms with Crippen LogP contribution < -0.4 is 0 Å². The molecule has 0 aromatic heterocycles. The molecule has 6 nitrogen and oxygen atoms in total. The van der Waals surface area contributed by atoms with Crippen LogP contribution >= 0.6 is 0 Å². The summed E-state index contributed by atoms with van der Waals surface area (Å²) in [5.41, 5.74) is 0.965. The zero-order chi connectivity index (χ0) is 15.0. The number of aromatic hydroxyl groups is 1. The second kappa shape index (κ2) is 7.96. The van der Waals surface area contributed by atoms with Gasteiger partial charge < -0.3 is 19.7 Å². The highest BCUT2D eigenvalue weighted by atomic mass is 16.6. The number of hydrogen-bond donors (Lipinski definition) is 2. The molecule has 0 aliphatic carbocycles. The fraction of sp³-hybridized carbons (Fsp3) is 0.286. The molecule has 0 heterocycles. The maximum absolute atomic E-state index is 11.3. The summed E-state index contributed by atoms with van der Waals surface area (Å²) in [6.45, 7) is 1.14. The Kier molecular flexibility index (Phi) is 6.25. The highest BCUT2D eigenvalue weighted by Gasteiger charge is 2.05. The van der Waals surface area contributed by atoms with Crippen LogP contribution in [0.2, 0.25) is 0 Å². The minimum Gasteiger partial charge on any atom is -0.508 e. The molecule has 0 radical (unpaired) electrons. The molecule has 0 aliphatic rings. The minimum atomic E-state index is -0.684. The average Bonchev–Trinajstić information content (AvgIpc) is 2.44. The molecule has 0 aliphatic heterocycles. The number of aliphatic hydroxyl groups is 1. The first-order valence-corrected chi connectivity index (χ1v) is 6.00. The number of rotatable bonds is 6. The number of hydrogen-bond acceptors (Lipinski definition) is 6. The van der Waals surface area contributed by atoms with Gasteiger partial charge in [0.05, 0.1) is 13.2 Å². The van der Waals surface area contributed by atoms with E-state index in [1.165, 1.54) is 18.2 Å². The molecule has 0 saturated carbocycles. The lowest BCUT2D eigenvalue weighted by molar-refractivity contribution is -0.155. The molecular formula is C14H16O6. The SMILES string of the molecule is CCOC(=O)COC(=O)/C=C/c1ccc(O)c(CO)c1. The number of carbonyl (C=O) groups is 2. The number of carbonyl (C=O) groups excluding carboxylic acids is 2. The quantitative estimate of drug-likeness (QED) is 0.596. The lowest BCUT2D eigenvalue weighted by Crippen LogP contribution is -2.15. The van der Waals surface area contributed by atoms with Gasteiger partial charge in [0, 0.05) is 11.6 Å². The van der Waals surface area contributed by atoms with Crippen LogP contribution in [0.5, 0.6) is 5.75 Å². The van der Waals surface area contributed by atoms with E-state index in [9.17, 15) is 14.7 Å². The molecule has 0 bridgehead atoms. The second-order valence-corrected chi connectivity index (χ2v) is 3.79. The molecule has 1 aromatic rings. The van der Waals surface area contributed by atoms with Gasteiger partial charge in [0.2, 0.25) is 0 Å². The Hall–Kier alpha value is -2.34. The summed E-state index contributed by atoms with van der Waals surface area (Å²) >= 11 is 0. The normalized spacial score (nSPS) is 10.5. The zero-order valence-corrected chi connectivity index (χ0v) is 11.0. The van der Waals surface area contributed by atoms with Crippen LogP contribution in [0.4, 0.5) is 0 Å². The zero-order valence-electron chi connectivity index (χ0n) is 11.0. The monoisotopic (exact) mass is 280 g/mol. The smallest absolute Gasteiger partial charge is 0.344 e. The fourth-order valence-electron chi connectivity index (χ4n) is 1.38. The third-order valence-electron chi connectivity index (χ3n) is 2.32. The Bertz CT molecular complexity index is 506. The van der Waals surface area contributed by atoms with Gasteiger partial charge in [-0.2, -0.15) is 0 Å². The molecule has 1 rings (SSSR count). The minimum absolute atomic E-state index is 0.0189. The Morgan fingerprint density at radius 3 is 2.70 bits per heavy atom. The van der Waals surface area contributed by atoms with E-state index in [1.807, 2.05) is 0 Å². The predicted molar refractivity (Wildman–Crippen MR) is 70.7 cm³/mol. The third-order valence-corrected chi connectivity index (χ3v) is 2.32. The van der Waals surface area contributed by atoms with Crippen molar-refractivity contribution in [1.29, 1.82) is 0 Å². The van der Waals surface area contributed by atoms with Gasteiger partial charge in [-0.05, 0) is 30.7 Å². The van der Waals surface area contributed by atoms with E-state index in [1.54, 1.807) is 13.0 Å². The topological polar surface area (TPSA) is 93.1 Å². The summed E-state index contributed by atoms with van der Waals surface area (Å²) in [7, 11) is 0. The van der Waals surface area contributed by atoms with Crippen molar-refractivity contribution in [3.63, 3.8) is 0 Å². The van der Waals surface area contributed by atoms with Gasteiger partial charge in [0.25, 0.3) is 0 Å². The van der Waals surface area contributed by atoms with E-state index in [0.29, 0.717) is 11.1 Å². The van der Waals surface area contributed by atoms with Crippen LogP contribution in [-0.4, -0.2) is 35.4 Å². The van der Waals surface area contributed by atoms with Crippen molar-refractivity contribution >= 4 is 18.0 Å². The maximum atomic E-state index is 11.3. The largest absolute Gasteiger partial charge is 0.508 e. The van der Waals surface area contributed by atoms with Crippen molar-refractivity contribution in [3.05, 3.63) is 35.4 Å². The summed E-state index contributed by atoms with van der Waals surface area (Å²) in [5, 5.41) is 18.4. The molecule has 2 N–H and O–H groups in total. The summed E-state index contributed by atoms with van der Waals surface area (Å²) in [6.07, 6.45) is 2.60. The molecule has 0 atom stereocenters. The van der Waals surface area contributed by atoms with Crippen molar-refractivity contribution in [1.82, 2.24) is 0 Å². The van der Waals surface area contributed by atoms with E-state index in [0.717, 1.165) is 6.08 Å². The maximum Gasteiger partial charge on any atom is 0.344 e. The first-order chi connectivity index (χ1) is 9.56. The number of aliphatic hydroxyl groups excluding tert-OH is 1. The number of esters is 2. The van der Waals surface area contributed by atoms with Gasteiger partial charge in [0.1, 0.15) is 5.75 Å². The van der Waals surface area contributed by atoms with E-state index in [4.69, 9.17) is 5.11 Å². The van der Waals surface area contributed by atoms with Crippen LogP contribution in [0.3, 0.4) is 0 Å². The van der Waals surface area contributed by atoms with Crippen molar-refractivity contribution in [3.8, 4) is 5.75 Å². The molecule has 0 amide bonds. The number of benzene rings is 1. The molecule has 1 aromatic carbocycles. The standard InChI is InChI=1S/C14H16O6/c1-2-19-14(18)9-20-13(17)6-4-10-3-5-12(16)11(7-10)8-15/h3-7,15-16H,2,8-9H2,1H3/b6-4+. The molecule has 0 unspecified atom stereocenters. The van der Waals surface area contributed by atoms with Crippen molar-refractivity contribution in [2.24, 2.45) is 0 Å². The molecule has 0 fully saturated rings. The Labute approximate surface area is 116 Å².